The summed E-state index contributed by atoms with van der Waals surface area (Å²) >= 11 is 1.32. The monoisotopic (exact) mass is 474 g/mol. The Morgan fingerprint density at radius 1 is 1.06 bits per heavy atom. The lowest BCUT2D eigenvalue weighted by molar-refractivity contribution is 0.0240. The Labute approximate surface area is 197 Å². The number of carbonyl (C=O) groups excluding carboxylic acids is 2. The number of primary amides is 1. The number of hydrogen-bond donors (Lipinski definition) is 4. The lowest BCUT2D eigenvalue weighted by Gasteiger charge is -2.36. The normalized spacial score (nSPS) is 14.1. The number of benzene rings is 1. The first kappa shape index (κ1) is 24.4. The van der Waals surface area contributed by atoms with Crippen molar-refractivity contribution < 1.29 is 14.3 Å². The maximum absolute atomic E-state index is 12.3. The number of hydrogen-bond acceptors (Lipinski definition) is 10. The molecule has 0 atom stereocenters. The van der Waals surface area contributed by atoms with Crippen LogP contribution >= 0.6 is 11.8 Å². The fourth-order valence-electron chi connectivity index (χ4n) is 3.33. The Hall–Kier alpha value is -3.25. The van der Waals surface area contributed by atoms with Crippen LogP contribution in [0.4, 0.5) is 27.8 Å². The molecule has 2 amide bonds. The van der Waals surface area contributed by atoms with Crippen LogP contribution in [-0.2, 0) is 4.74 Å². The van der Waals surface area contributed by atoms with E-state index in [-0.39, 0.29) is 23.3 Å². The summed E-state index contributed by atoms with van der Waals surface area (Å²) in [5, 5.41) is 3.57. The van der Waals surface area contributed by atoms with Crippen molar-refractivity contribution in [3.05, 3.63) is 29.8 Å². The number of anilines is 4. The summed E-state index contributed by atoms with van der Waals surface area (Å²) in [6, 6.07) is 7.70. The van der Waals surface area contributed by atoms with Crippen molar-refractivity contribution in [2.75, 3.05) is 48.1 Å². The molecule has 1 aliphatic heterocycles. The molecule has 0 saturated carbocycles. The summed E-state index contributed by atoms with van der Waals surface area (Å²) in [7, 11) is 0. The Kier molecular flexibility index (Phi) is 7.49. The lowest BCUT2D eigenvalue weighted by Crippen LogP contribution is -2.50. The van der Waals surface area contributed by atoms with E-state index in [4.69, 9.17) is 16.3 Å². The van der Waals surface area contributed by atoms with Crippen LogP contribution in [0.1, 0.15) is 31.1 Å². The Bertz CT molecular complexity index is 1000. The molecule has 178 valence electrons. The molecule has 6 N–H and O–H groups in total. The van der Waals surface area contributed by atoms with E-state index in [1.807, 2.05) is 51.3 Å². The van der Waals surface area contributed by atoms with Gasteiger partial charge in [-0.2, -0.15) is 0 Å². The number of thioether (sulfide) groups is 1. The second kappa shape index (κ2) is 10.1. The topological polar surface area (TPSA) is 152 Å². The van der Waals surface area contributed by atoms with Crippen molar-refractivity contribution in [1.82, 2.24) is 14.9 Å². The first-order chi connectivity index (χ1) is 15.6. The van der Waals surface area contributed by atoms with Crippen LogP contribution in [-0.4, -0.2) is 64.9 Å². The number of hydrazine groups is 1. The quantitative estimate of drug-likeness (QED) is 0.212. The minimum Gasteiger partial charge on any atom is -0.444 e. The van der Waals surface area contributed by atoms with Gasteiger partial charge in [-0.05, 0) is 51.3 Å². The van der Waals surface area contributed by atoms with Gasteiger partial charge in [-0.25, -0.2) is 20.6 Å². The van der Waals surface area contributed by atoms with Crippen molar-refractivity contribution in [2.45, 2.75) is 31.5 Å². The third-order valence-corrected chi connectivity index (χ3v) is 5.43. The first-order valence-corrected chi connectivity index (χ1v) is 11.7. The second-order valence-electron chi connectivity index (χ2n) is 8.42. The molecule has 2 aromatic rings. The van der Waals surface area contributed by atoms with Crippen LogP contribution in [0.2, 0.25) is 0 Å². The van der Waals surface area contributed by atoms with E-state index in [0.717, 1.165) is 11.4 Å². The van der Waals surface area contributed by atoms with Crippen LogP contribution < -0.4 is 27.2 Å². The highest BCUT2D eigenvalue weighted by Crippen LogP contribution is 2.28. The van der Waals surface area contributed by atoms with Gasteiger partial charge in [-0.1, -0.05) is 11.8 Å². The van der Waals surface area contributed by atoms with E-state index < -0.39 is 11.5 Å². The molecule has 33 heavy (non-hydrogen) atoms. The molecule has 11 nitrogen and oxygen atoms in total. The molecule has 0 spiro atoms. The maximum atomic E-state index is 12.3. The maximum Gasteiger partial charge on any atom is 0.410 e. The van der Waals surface area contributed by atoms with E-state index >= 15 is 0 Å². The van der Waals surface area contributed by atoms with Crippen LogP contribution in [0, 0.1) is 0 Å². The zero-order valence-corrected chi connectivity index (χ0v) is 20.0. The Morgan fingerprint density at radius 3 is 2.18 bits per heavy atom. The number of nitrogens with one attached hydrogen (secondary N) is 2. The predicted octanol–water partition coefficient (Wildman–Crippen LogP) is 2.38. The fourth-order valence-corrected chi connectivity index (χ4v) is 3.69. The number of rotatable bonds is 6. The van der Waals surface area contributed by atoms with Crippen molar-refractivity contribution >= 4 is 46.8 Å². The van der Waals surface area contributed by atoms with Gasteiger partial charge in [0.25, 0.3) is 5.91 Å². The van der Waals surface area contributed by atoms with Gasteiger partial charge in [0, 0.05) is 37.6 Å². The molecule has 0 unspecified atom stereocenters. The number of nitrogens with two attached hydrogens (primary N) is 2. The van der Waals surface area contributed by atoms with Gasteiger partial charge >= 0.3 is 6.09 Å². The molecule has 1 fully saturated rings. The summed E-state index contributed by atoms with van der Waals surface area (Å²) in [5.41, 5.74) is 9.25. The minimum absolute atomic E-state index is 0.0811. The third-order valence-electron chi connectivity index (χ3n) is 4.88. The van der Waals surface area contributed by atoms with Gasteiger partial charge in [0.2, 0.25) is 0 Å². The molecule has 1 aromatic heterocycles. The Balaban J connectivity index is 1.69. The van der Waals surface area contributed by atoms with Gasteiger partial charge in [-0.15, -0.1) is 0 Å². The number of nitrogen functional groups attached to an aromatic ring is 1. The molecule has 0 aliphatic carbocycles. The van der Waals surface area contributed by atoms with Crippen molar-refractivity contribution in [3.63, 3.8) is 0 Å². The van der Waals surface area contributed by atoms with E-state index in [1.165, 1.54) is 11.8 Å². The summed E-state index contributed by atoms with van der Waals surface area (Å²) in [6.45, 7) is 8.16. The van der Waals surface area contributed by atoms with Crippen molar-refractivity contribution in [3.8, 4) is 0 Å². The standard InChI is InChI=1S/C21H30N8O3S/c1-21(2,3)32-20(31)29-11-9-28(10-12-29)14-7-5-13(6-8-14)24-17-15(16(22)30)18(27-23)26-19(25-17)33-4/h5-8H,9-12,23H2,1-4H3,(H2,22,30)(H2,24,25,26,27). The average molecular weight is 475 g/mol. The number of nitrogens with zero attached hydrogens (tertiary/aromatic N) is 4. The van der Waals surface area contributed by atoms with Gasteiger partial charge < -0.3 is 31.0 Å². The average Bonchev–Trinajstić information content (AvgIpc) is 2.77. The van der Waals surface area contributed by atoms with Gasteiger partial charge in [0.05, 0.1) is 0 Å². The van der Waals surface area contributed by atoms with E-state index in [1.54, 1.807) is 4.90 Å². The van der Waals surface area contributed by atoms with Crippen molar-refractivity contribution in [2.24, 2.45) is 11.6 Å². The number of aromatic nitrogens is 2. The van der Waals surface area contributed by atoms with Crippen molar-refractivity contribution in [1.29, 1.82) is 0 Å². The summed E-state index contributed by atoms with van der Waals surface area (Å²) < 4.78 is 5.45. The van der Waals surface area contributed by atoms with Crippen LogP contribution in [0.25, 0.3) is 0 Å². The fraction of sp³-hybridized carbons (Fsp3) is 0.429. The van der Waals surface area contributed by atoms with E-state index in [9.17, 15) is 9.59 Å². The molecule has 12 heteroatoms. The summed E-state index contributed by atoms with van der Waals surface area (Å²) in [6.07, 6.45) is 1.54. The highest BCUT2D eigenvalue weighted by atomic mass is 32.2. The molecular formula is C21H30N8O3S. The van der Waals surface area contributed by atoms with E-state index in [2.05, 4.69) is 25.6 Å². The number of amides is 2. The van der Waals surface area contributed by atoms with Crippen LogP contribution in [0.5, 0.6) is 0 Å². The molecule has 1 saturated heterocycles. The Morgan fingerprint density at radius 2 is 1.67 bits per heavy atom. The van der Waals surface area contributed by atoms with Gasteiger partial charge in [0.1, 0.15) is 17.0 Å². The highest BCUT2D eigenvalue weighted by molar-refractivity contribution is 7.98. The largest absolute Gasteiger partial charge is 0.444 e. The van der Waals surface area contributed by atoms with Crippen LogP contribution in [0.3, 0.4) is 0 Å². The first-order valence-electron chi connectivity index (χ1n) is 10.4. The number of carbonyl (C=O) groups is 2. The molecular weight excluding hydrogens is 444 g/mol. The van der Waals surface area contributed by atoms with Crippen LogP contribution in [0.15, 0.2) is 29.4 Å². The number of ether oxygens (including phenoxy) is 1. The molecule has 1 aromatic carbocycles. The zero-order valence-electron chi connectivity index (χ0n) is 19.2. The zero-order chi connectivity index (χ0) is 24.2. The molecule has 3 rings (SSSR count). The molecule has 1 aliphatic rings. The minimum atomic E-state index is -0.697. The lowest BCUT2D eigenvalue weighted by atomic mass is 10.2. The number of piperazine rings is 1. The van der Waals surface area contributed by atoms with Gasteiger partial charge in [-0.3, -0.25) is 4.79 Å². The smallest absolute Gasteiger partial charge is 0.410 e. The second-order valence-corrected chi connectivity index (χ2v) is 9.19. The summed E-state index contributed by atoms with van der Waals surface area (Å²) in [4.78, 5) is 36.7. The third kappa shape index (κ3) is 6.17. The molecule has 0 bridgehead atoms. The predicted molar refractivity (Wildman–Crippen MR) is 130 cm³/mol. The highest BCUT2D eigenvalue weighted by Gasteiger charge is 2.26. The SMILES string of the molecule is CSc1nc(NN)c(C(N)=O)c(Nc2ccc(N3CCN(C(=O)OC(C)(C)C)CC3)cc2)n1. The van der Waals surface area contributed by atoms with Gasteiger partial charge in [0.15, 0.2) is 11.0 Å². The summed E-state index contributed by atoms with van der Waals surface area (Å²) in [5.74, 6) is 5.24. The van der Waals surface area contributed by atoms with E-state index in [0.29, 0.717) is 31.3 Å². The molecule has 0 radical (unpaired) electrons. The molecule has 2 heterocycles.